The van der Waals surface area contributed by atoms with Crippen LogP contribution in [0.25, 0.3) is 33.4 Å². The Balaban J connectivity index is 1.09. The number of rotatable bonds is 11. The Hall–Kier alpha value is -6.35. The zero-order valence-corrected chi connectivity index (χ0v) is 28.9. The smallest absolute Gasteiger partial charge is 0.338 e. The highest BCUT2D eigenvalue weighted by atomic mass is 16.7. The molecule has 1 aliphatic heterocycles. The molecule has 0 bridgehead atoms. The minimum absolute atomic E-state index is 0.279. The molecule has 7 rings (SSSR count). The van der Waals surface area contributed by atoms with Crippen LogP contribution in [-0.2, 0) is 23.7 Å². The largest absolute Gasteiger partial charge is 0.459 e. The van der Waals surface area contributed by atoms with Crippen molar-refractivity contribution in [3.63, 3.8) is 0 Å². The lowest BCUT2D eigenvalue weighted by Crippen LogP contribution is -2.42. The first-order chi connectivity index (χ1) is 26.0. The summed E-state index contributed by atoms with van der Waals surface area (Å²) in [5.74, 6) is -1.93. The van der Waals surface area contributed by atoms with Crippen LogP contribution in [0.15, 0.2) is 164 Å². The van der Waals surface area contributed by atoms with Crippen LogP contribution >= 0.6 is 0 Å². The van der Waals surface area contributed by atoms with Crippen LogP contribution in [0, 0.1) is 0 Å². The normalized spacial score (nSPS) is 17.8. The lowest BCUT2D eigenvalue weighted by atomic mass is 10.0. The molecule has 0 radical (unpaired) electrons. The molecule has 8 nitrogen and oxygen atoms in total. The van der Waals surface area contributed by atoms with Crippen molar-refractivity contribution in [2.45, 2.75) is 24.6 Å². The average molecular weight is 705 g/mol. The summed E-state index contributed by atoms with van der Waals surface area (Å²) in [6, 6.07) is 50.4. The van der Waals surface area contributed by atoms with E-state index in [1.807, 2.05) is 127 Å². The van der Waals surface area contributed by atoms with Crippen molar-refractivity contribution in [3.05, 3.63) is 180 Å². The van der Waals surface area contributed by atoms with Gasteiger partial charge < -0.3 is 23.7 Å². The van der Waals surface area contributed by atoms with Gasteiger partial charge in [-0.05, 0) is 69.8 Å². The highest BCUT2D eigenvalue weighted by Crippen LogP contribution is 2.31. The second-order valence-corrected chi connectivity index (χ2v) is 12.4. The number of carbonyl (C=O) groups excluding carboxylic acids is 3. The van der Waals surface area contributed by atoms with E-state index in [9.17, 15) is 14.4 Å². The molecular weight excluding hydrogens is 668 g/mol. The summed E-state index contributed by atoms with van der Waals surface area (Å²) in [5.41, 5.74) is 6.73. The van der Waals surface area contributed by atoms with E-state index in [0.717, 1.165) is 33.4 Å². The maximum Gasteiger partial charge on any atom is 0.338 e. The molecular formula is C45H36O8. The molecule has 1 unspecified atom stereocenters. The predicted molar refractivity (Wildman–Crippen MR) is 200 cm³/mol. The van der Waals surface area contributed by atoms with Gasteiger partial charge in [-0.2, -0.15) is 0 Å². The van der Waals surface area contributed by atoms with Crippen LogP contribution < -0.4 is 0 Å². The second kappa shape index (κ2) is 16.3. The maximum absolute atomic E-state index is 13.6. The van der Waals surface area contributed by atoms with Gasteiger partial charge in [0.1, 0.15) is 12.7 Å². The van der Waals surface area contributed by atoms with E-state index < -0.39 is 42.5 Å². The van der Waals surface area contributed by atoms with Crippen molar-refractivity contribution in [2.24, 2.45) is 0 Å². The van der Waals surface area contributed by atoms with E-state index in [1.54, 1.807) is 36.4 Å². The monoisotopic (exact) mass is 704 g/mol. The number of benzene rings is 6. The third-order valence-corrected chi connectivity index (χ3v) is 9.05. The van der Waals surface area contributed by atoms with Gasteiger partial charge in [0.15, 0.2) is 18.5 Å². The Morgan fingerprint density at radius 1 is 0.453 bits per heavy atom. The van der Waals surface area contributed by atoms with Crippen LogP contribution in [0.5, 0.6) is 0 Å². The third kappa shape index (κ3) is 8.25. The summed E-state index contributed by atoms with van der Waals surface area (Å²) >= 11 is 0. The van der Waals surface area contributed by atoms with E-state index in [0.29, 0.717) is 5.56 Å². The highest BCUT2D eigenvalue weighted by Gasteiger charge is 2.51. The van der Waals surface area contributed by atoms with Gasteiger partial charge in [0.2, 0.25) is 0 Å². The molecule has 4 atom stereocenters. The van der Waals surface area contributed by atoms with Gasteiger partial charge in [0.05, 0.1) is 16.7 Å². The minimum Gasteiger partial charge on any atom is -0.459 e. The van der Waals surface area contributed by atoms with Crippen molar-refractivity contribution in [1.82, 2.24) is 0 Å². The molecule has 6 aromatic carbocycles. The van der Waals surface area contributed by atoms with Crippen LogP contribution in [0.4, 0.5) is 0 Å². The fraction of sp³-hybridized carbons (Fsp3) is 0.133. The molecule has 6 aromatic rings. The van der Waals surface area contributed by atoms with Crippen molar-refractivity contribution in [2.75, 3.05) is 13.7 Å². The summed E-state index contributed by atoms with van der Waals surface area (Å²) in [6.07, 6.45) is -4.49. The number of ether oxygens (including phenoxy) is 5. The van der Waals surface area contributed by atoms with Crippen molar-refractivity contribution >= 4 is 17.9 Å². The first-order valence-corrected chi connectivity index (χ1v) is 17.2. The maximum atomic E-state index is 13.6. The molecule has 0 N–H and O–H groups in total. The van der Waals surface area contributed by atoms with Gasteiger partial charge in [-0.1, -0.05) is 127 Å². The molecule has 1 saturated heterocycles. The Bertz CT molecular complexity index is 2130. The quantitative estimate of drug-likeness (QED) is 0.0977. The molecule has 1 heterocycles. The van der Waals surface area contributed by atoms with Gasteiger partial charge in [0.25, 0.3) is 0 Å². The van der Waals surface area contributed by atoms with Crippen LogP contribution in [0.3, 0.4) is 0 Å². The molecule has 1 aliphatic rings. The van der Waals surface area contributed by atoms with E-state index >= 15 is 0 Å². The van der Waals surface area contributed by atoms with Gasteiger partial charge in [-0.3, -0.25) is 0 Å². The van der Waals surface area contributed by atoms with E-state index in [4.69, 9.17) is 23.7 Å². The fourth-order valence-electron chi connectivity index (χ4n) is 6.20. The molecule has 53 heavy (non-hydrogen) atoms. The molecule has 0 aromatic heterocycles. The molecule has 0 saturated carbocycles. The van der Waals surface area contributed by atoms with Crippen molar-refractivity contribution < 1.29 is 38.1 Å². The molecule has 264 valence electrons. The highest BCUT2D eigenvalue weighted by molar-refractivity contribution is 5.92. The van der Waals surface area contributed by atoms with Gasteiger partial charge in [-0.15, -0.1) is 0 Å². The van der Waals surface area contributed by atoms with Crippen LogP contribution in [0.2, 0.25) is 0 Å². The average Bonchev–Trinajstić information content (AvgIpc) is 3.55. The first-order valence-electron chi connectivity index (χ1n) is 17.2. The number of hydrogen-bond acceptors (Lipinski definition) is 8. The molecule has 1 fully saturated rings. The number of carbonyl (C=O) groups is 3. The van der Waals surface area contributed by atoms with E-state index in [2.05, 4.69) is 0 Å². The standard InChI is InChI=1S/C45H36O8/c1-49-45-41(53-44(48)38-27-21-35(22-28-38)32-15-9-4-10-16-32)40(52-43(47)37-25-19-34(20-26-37)31-13-7-3-8-14-31)39(51-45)29-50-42(46)36-23-17-33(18-24-36)30-11-5-2-6-12-30/h2-28,39-41,45H,29H2,1H3/t39-,40-,41-,45?/m0/s1. The molecule has 8 heteroatoms. The Morgan fingerprint density at radius 3 is 1.17 bits per heavy atom. The van der Waals surface area contributed by atoms with Crippen LogP contribution in [0.1, 0.15) is 31.1 Å². The summed E-state index contributed by atoms with van der Waals surface area (Å²) in [5, 5.41) is 0. The molecule has 0 spiro atoms. The zero-order chi connectivity index (χ0) is 36.6. The minimum atomic E-state index is -1.18. The lowest BCUT2D eigenvalue weighted by molar-refractivity contribution is -0.155. The summed E-state index contributed by atoms with van der Waals surface area (Å²) in [6.45, 7) is -0.302. The Morgan fingerprint density at radius 2 is 0.792 bits per heavy atom. The van der Waals surface area contributed by atoms with E-state index in [-0.39, 0.29) is 17.7 Å². The SMILES string of the molecule is COC1O[C@@H](COC(=O)c2ccc(-c3ccccc3)cc2)[C@H](OC(=O)c2ccc(-c3ccccc3)cc2)[C@@H]1OC(=O)c1ccc(-c2ccccc2)cc1. The van der Waals surface area contributed by atoms with Crippen molar-refractivity contribution in [1.29, 1.82) is 0 Å². The number of esters is 3. The second-order valence-electron chi connectivity index (χ2n) is 12.4. The first kappa shape index (κ1) is 35.1. The summed E-state index contributed by atoms with van der Waals surface area (Å²) < 4.78 is 29.3. The lowest BCUT2D eigenvalue weighted by Gasteiger charge is -2.24. The van der Waals surface area contributed by atoms with Crippen molar-refractivity contribution in [3.8, 4) is 33.4 Å². The Labute approximate surface area is 307 Å². The molecule has 0 amide bonds. The third-order valence-electron chi connectivity index (χ3n) is 9.05. The van der Waals surface area contributed by atoms with Crippen LogP contribution in [-0.4, -0.2) is 56.2 Å². The van der Waals surface area contributed by atoms with Gasteiger partial charge >= 0.3 is 17.9 Å². The zero-order valence-electron chi connectivity index (χ0n) is 28.9. The summed E-state index contributed by atoms with van der Waals surface area (Å²) in [4.78, 5) is 40.3. The fourth-order valence-corrected chi connectivity index (χ4v) is 6.20. The number of hydrogen-bond donors (Lipinski definition) is 0. The molecule has 0 aliphatic carbocycles. The van der Waals surface area contributed by atoms with E-state index in [1.165, 1.54) is 7.11 Å². The predicted octanol–water partition coefficient (Wildman–Crippen LogP) is 8.67. The van der Waals surface area contributed by atoms with Gasteiger partial charge in [-0.25, -0.2) is 14.4 Å². The van der Waals surface area contributed by atoms with Gasteiger partial charge in [0, 0.05) is 7.11 Å². The summed E-state index contributed by atoms with van der Waals surface area (Å²) in [7, 11) is 1.39. The topological polar surface area (TPSA) is 97.4 Å². The Kier molecular flexibility index (Phi) is 10.8. The number of methoxy groups -OCH3 is 1.